The molecule has 24 heavy (non-hydrogen) atoms. The van der Waals surface area contributed by atoms with Gasteiger partial charge in [-0.3, -0.25) is 4.79 Å². The highest BCUT2D eigenvalue weighted by atomic mass is 16.5. The van der Waals surface area contributed by atoms with Crippen molar-refractivity contribution in [3.8, 4) is 11.8 Å². The lowest BCUT2D eigenvalue weighted by atomic mass is 10.1. The molecule has 1 aromatic rings. The zero-order valence-electron chi connectivity index (χ0n) is 14.8. The van der Waals surface area contributed by atoms with E-state index in [4.69, 9.17) is 10.00 Å². The smallest absolute Gasteiger partial charge is 0.261 e. The van der Waals surface area contributed by atoms with E-state index in [0.717, 1.165) is 37.2 Å². The average molecular weight is 328 g/mol. The van der Waals surface area contributed by atoms with Gasteiger partial charge in [-0.05, 0) is 36.6 Å². The van der Waals surface area contributed by atoms with Gasteiger partial charge in [-0.2, -0.15) is 5.26 Å². The van der Waals surface area contributed by atoms with Gasteiger partial charge >= 0.3 is 0 Å². The zero-order chi connectivity index (χ0) is 17.6. The molecule has 0 bridgehead atoms. The van der Waals surface area contributed by atoms with Crippen LogP contribution in [0.25, 0.3) is 6.08 Å². The minimum Gasteiger partial charge on any atom is -0.494 e. The maximum atomic E-state index is 11.9. The van der Waals surface area contributed by atoms with Crippen molar-refractivity contribution in [3.63, 3.8) is 0 Å². The number of unbranched alkanes of at least 4 members (excludes halogenated alkanes) is 4. The van der Waals surface area contributed by atoms with E-state index in [1.165, 1.54) is 19.3 Å². The van der Waals surface area contributed by atoms with Crippen LogP contribution in [0.2, 0.25) is 0 Å². The molecule has 0 unspecified atom stereocenters. The Labute approximate surface area is 145 Å². The van der Waals surface area contributed by atoms with Gasteiger partial charge in [0.25, 0.3) is 5.91 Å². The van der Waals surface area contributed by atoms with Crippen LogP contribution in [0.5, 0.6) is 5.75 Å². The van der Waals surface area contributed by atoms with Crippen molar-refractivity contribution in [1.29, 1.82) is 5.26 Å². The molecule has 4 heteroatoms. The molecular formula is C20H28N2O2. The fourth-order valence-electron chi connectivity index (χ4n) is 2.17. The fourth-order valence-corrected chi connectivity index (χ4v) is 2.17. The molecule has 0 saturated carbocycles. The van der Waals surface area contributed by atoms with E-state index in [1.807, 2.05) is 30.3 Å². The Hall–Kier alpha value is -2.28. The normalized spacial score (nSPS) is 11.0. The quantitative estimate of drug-likeness (QED) is 0.370. The van der Waals surface area contributed by atoms with Gasteiger partial charge in [0.1, 0.15) is 17.4 Å². The van der Waals surface area contributed by atoms with E-state index in [2.05, 4.69) is 19.2 Å². The molecule has 0 saturated heterocycles. The summed E-state index contributed by atoms with van der Waals surface area (Å²) in [4.78, 5) is 11.9. The van der Waals surface area contributed by atoms with Crippen LogP contribution in [0, 0.1) is 11.3 Å². The van der Waals surface area contributed by atoms with Gasteiger partial charge in [0.2, 0.25) is 0 Å². The Bertz CT molecular complexity index is 556. The molecule has 0 heterocycles. The summed E-state index contributed by atoms with van der Waals surface area (Å²) in [7, 11) is 0. The van der Waals surface area contributed by atoms with Crippen molar-refractivity contribution in [1.82, 2.24) is 5.32 Å². The van der Waals surface area contributed by atoms with Crippen LogP contribution in [0.4, 0.5) is 0 Å². The lowest BCUT2D eigenvalue weighted by Gasteiger charge is -2.06. The second kappa shape index (κ2) is 12.2. The molecule has 130 valence electrons. The molecule has 0 aliphatic rings. The molecule has 0 aromatic heterocycles. The minimum atomic E-state index is -0.317. The van der Waals surface area contributed by atoms with E-state index in [0.29, 0.717) is 6.54 Å². The molecule has 0 atom stereocenters. The first-order chi connectivity index (χ1) is 11.7. The summed E-state index contributed by atoms with van der Waals surface area (Å²) >= 11 is 0. The summed E-state index contributed by atoms with van der Waals surface area (Å²) in [5.74, 6) is 0.497. The Morgan fingerprint density at radius 2 is 1.83 bits per heavy atom. The molecule has 1 N–H and O–H groups in total. The minimum absolute atomic E-state index is 0.124. The molecular weight excluding hydrogens is 300 g/mol. The number of ether oxygens (including phenoxy) is 1. The highest BCUT2D eigenvalue weighted by Crippen LogP contribution is 2.15. The predicted octanol–water partition coefficient (Wildman–Crippen LogP) is 4.47. The van der Waals surface area contributed by atoms with Gasteiger partial charge in [0.15, 0.2) is 0 Å². The number of carbonyl (C=O) groups is 1. The topological polar surface area (TPSA) is 62.1 Å². The lowest BCUT2D eigenvalue weighted by Crippen LogP contribution is -2.25. The number of nitriles is 1. The number of carbonyl (C=O) groups excluding carboxylic acids is 1. The van der Waals surface area contributed by atoms with Crippen LogP contribution in [-0.2, 0) is 4.79 Å². The Kier molecular flexibility index (Phi) is 10.0. The Balaban J connectivity index is 2.54. The Morgan fingerprint density at radius 1 is 1.12 bits per heavy atom. The third-order valence-electron chi connectivity index (χ3n) is 3.64. The number of rotatable bonds is 11. The van der Waals surface area contributed by atoms with Crippen molar-refractivity contribution in [3.05, 3.63) is 35.4 Å². The Morgan fingerprint density at radius 3 is 2.46 bits per heavy atom. The molecule has 0 aliphatic carbocycles. The first kappa shape index (κ1) is 19.8. The average Bonchev–Trinajstić information content (AvgIpc) is 2.60. The second-order valence-electron chi connectivity index (χ2n) is 5.76. The molecule has 1 aromatic carbocycles. The standard InChI is InChI=1S/C20H28N2O2/c1-3-5-7-8-14-24-19-11-9-17(10-12-19)15-18(16-21)20(23)22-13-6-4-2/h9-12,15H,3-8,13-14H2,1-2H3,(H,22,23)/b18-15-. The molecule has 1 amide bonds. The molecule has 0 spiro atoms. The second-order valence-corrected chi connectivity index (χ2v) is 5.76. The predicted molar refractivity (Wildman–Crippen MR) is 97.6 cm³/mol. The number of benzene rings is 1. The summed E-state index contributed by atoms with van der Waals surface area (Å²) in [6.07, 6.45) is 8.23. The summed E-state index contributed by atoms with van der Waals surface area (Å²) in [6.45, 7) is 5.56. The number of amides is 1. The first-order valence-corrected chi connectivity index (χ1v) is 8.84. The van der Waals surface area contributed by atoms with E-state index in [1.54, 1.807) is 6.08 Å². The monoisotopic (exact) mass is 328 g/mol. The van der Waals surface area contributed by atoms with E-state index in [-0.39, 0.29) is 11.5 Å². The molecule has 0 radical (unpaired) electrons. The number of hydrogen-bond acceptors (Lipinski definition) is 3. The van der Waals surface area contributed by atoms with Gasteiger partial charge in [-0.1, -0.05) is 51.7 Å². The molecule has 0 aliphatic heterocycles. The van der Waals surface area contributed by atoms with Crippen LogP contribution in [0.3, 0.4) is 0 Å². The maximum Gasteiger partial charge on any atom is 0.261 e. The molecule has 4 nitrogen and oxygen atoms in total. The van der Waals surface area contributed by atoms with Gasteiger partial charge in [-0.25, -0.2) is 0 Å². The van der Waals surface area contributed by atoms with Gasteiger partial charge in [0.05, 0.1) is 6.61 Å². The molecule has 1 rings (SSSR count). The summed E-state index contributed by atoms with van der Waals surface area (Å²) in [5.41, 5.74) is 0.940. The third kappa shape index (κ3) is 7.82. The van der Waals surface area contributed by atoms with E-state index < -0.39 is 0 Å². The highest BCUT2D eigenvalue weighted by molar-refractivity contribution is 6.01. The maximum absolute atomic E-state index is 11.9. The van der Waals surface area contributed by atoms with Crippen LogP contribution < -0.4 is 10.1 Å². The van der Waals surface area contributed by atoms with Crippen molar-refractivity contribution >= 4 is 12.0 Å². The van der Waals surface area contributed by atoms with E-state index in [9.17, 15) is 4.79 Å². The lowest BCUT2D eigenvalue weighted by molar-refractivity contribution is -0.117. The fraction of sp³-hybridized carbons (Fsp3) is 0.500. The van der Waals surface area contributed by atoms with Gasteiger partial charge in [0, 0.05) is 6.54 Å². The number of nitrogens with zero attached hydrogens (tertiary/aromatic N) is 1. The largest absolute Gasteiger partial charge is 0.494 e. The van der Waals surface area contributed by atoms with Gasteiger partial charge in [-0.15, -0.1) is 0 Å². The van der Waals surface area contributed by atoms with Crippen molar-refractivity contribution in [2.45, 2.75) is 52.4 Å². The highest BCUT2D eigenvalue weighted by Gasteiger charge is 2.08. The first-order valence-electron chi connectivity index (χ1n) is 8.84. The van der Waals surface area contributed by atoms with E-state index >= 15 is 0 Å². The summed E-state index contributed by atoms with van der Waals surface area (Å²) in [6, 6.07) is 9.42. The summed E-state index contributed by atoms with van der Waals surface area (Å²) in [5, 5.41) is 11.9. The zero-order valence-corrected chi connectivity index (χ0v) is 14.8. The number of nitrogens with one attached hydrogen (secondary N) is 1. The number of hydrogen-bond donors (Lipinski definition) is 1. The van der Waals surface area contributed by atoms with Crippen molar-refractivity contribution in [2.24, 2.45) is 0 Å². The van der Waals surface area contributed by atoms with Crippen LogP contribution in [0.15, 0.2) is 29.8 Å². The van der Waals surface area contributed by atoms with Crippen LogP contribution in [-0.4, -0.2) is 19.1 Å². The molecule has 0 fully saturated rings. The van der Waals surface area contributed by atoms with Crippen molar-refractivity contribution in [2.75, 3.05) is 13.2 Å². The van der Waals surface area contributed by atoms with Crippen LogP contribution >= 0.6 is 0 Å². The summed E-state index contributed by atoms with van der Waals surface area (Å²) < 4.78 is 5.69. The SMILES string of the molecule is CCCCCCOc1ccc(/C=C(/C#N)C(=O)NCCCC)cc1. The third-order valence-corrected chi connectivity index (χ3v) is 3.64. The van der Waals surface area contributed by atoms with Gasteiger partial charge < -0.3 is 10.1 Å². The van der Waals surface area contributed by atoms with Crippen molar-refractivity contribution < 1.29 is 9.53 Å². The van der Waals surface area contributed by atoms with Crippen LogP contribution in [0.1, 0.15) is 57.9 Å².